The fourth-order valence-electron chi connectivity index (χ4n) is 3.08. The molecule has 1 saturated heterocycles. The van der Waals surface area contributed by atoms with Crippen molar-refractivity contribution in [2.75, 3.05) is 38.7 Å². The Morgan fingerprint density at radius 2 is 2.38 bits per heavy atom. The maximum atomic E-state index is 12.0. The van der Waals surface area contributed by atoms with Crippen molar-refractivity contribution in [1.82, 2.24) is 20.0 Å². The Balaban J connectivity index is 1.69. The Hall–Kier alpha value is -1.60. The van der Waals surface area contributed by atoms with Gasteiger partial charge in [-0.05, 0) is 38.6 Å². The van der Waals surface area contributed by atoms with Gasteiger partial charge >= 0.3 is 6.03 Å². The number of nitrogens with one attached hydrogen (secondary N) is 2. The highest BCUT2D eigenvalue weighted by Crippen LogP contribution is 2.17. The largest absolute Gasteiger partial charge is 0.385 e. The van der Waals surface area contributed by atoms with Crippen LogP contribution in [-0.4, -0.2) is 60.1 Å². The van der Waals surface area contributed by atoms with E-state index >= 15 is 0 Å². The molecule has 0 unspecified atom stereocenters. The van der Waals surface area contributed by atoms with Crippen LogP contribution in [0.4, 0.5) is 10.6 Å². The Labute approximate surface area is 144 Å². The van der Waals surface area contributed by atoms with E-state index in [1.165, 1.54) is 12.8 Å². The van der Waals surface area contributed by atoms with Crippen LogP contribution in [-0.2, 0) is 11.3 Å². The Morgan fingerprint density at radius 1 is 1.54 bits per heavy atom. The van der Waals surface area contributed by atoms with Gasteiger partial charge in [0, 0.05) is 51.7 Å². The number of nitrogens with zero attached hydrogens (tertiary/aromatic N) is 3. The van der Waals surface area contributed by atoms with Gasteiger partial charge in [0.25, 0.3) is 0 Å². The number of amides is 2. The third kappa shape index (κ3) is 6.13. The van der Waals surface area contributed by atoms with E-state index in [0.29, 0.717) is 25.0 Å². The van der Waals surface area contributed by atoms with E-state index in [9.17, 15) is 4.79 Å². The van der Waals surface area contributed by atoms with Crippen LogP contribution in [0.2, 0.25) is 0 Å². The number of ether oxygens (including phenoxy) is 1. The van der Waals surface area contributed by atoms with E-state index in [0.717, 1.165) is 32.0 Å². The molecule has 0 bridgehead atoms. The molecule has 7 heteroatoms. The predicted molar refractivity (Wildman–Crippen MR) is 95.2 cm³/mol. The first-order valence-corrected chi connectivity index (χ1v) is 8.89. The number of carbonyl (C=O) groups is 1. The van der Waals surface area contributed by atoms with Crippen LogP contribution < -0.4 is 10.6 Å². The lowest BCUT2D eigenvalue weighted by Gasteiger charge is -2.35. The summed E-state index contributed by atoms with van der Waals surface area (Å²) in [5.41, 5.74) is 0. The average molecular weight is 337 g/mol. The van der Waals surface area contributed by atoms with E-state index in [1.807, 2.05) is 16.9 Å². The molecule has 1 fully saturated rings. The van der Waals surface area contributed by atoms with E-state index in [1.54, 1.807) is 7.11 Å². The van der Waals surface area contributed by atoms with Crippen LogP contribution in [0.25, 0.3) is 0 Å². The number of urea groups is 1. The number of methoxy groups -OCH3 is 1. The molecule has 1 aliphatic rings. The van der Waals surface area contributed by atoms with Gasteiger partial charge in [-0.1, -0.05) is 6.92 Å². The van der Waals surface area contributed by atoms with Crippen LogP contribution >= 0.6 is 0 Å². The molecule has 0 saturated carbocycles. The summed E-state index contributed by atoms with van der Waals surface area (Å²) >= 11 is 0. The summed E-state index contributed by atoms with van der Waals surface area (Å²) in [6, 6.07) is 1.96. The number of hydrogen-bond acceptors (Lipinski definition) is 4. The highest BCUT2D eigenvalue weighted by atomic mass is 16.5. The van der Waals surface area contributed by atoms with E-state index in [4.69, 9.17) is 4.74 Å². The molecule has 2 atom stereocenters. The fraction of sp³-hybridized carbons (Fsp3) is 0.765. The maximum Gasteiger partial charge on any atom is 0.320 e. The van der Waals surface area contributed by atoms with Gasteiger partial charge in [0.05, 0.1) is 0 Å². The summed E-state index contributed by atoms with van der Waals surface area (Å²) in [5, 5.41) is 10.1. The number of anilines is 1. The van der Waals surface area contributed by atoms with Crippen molar-refractivity contribution < 1.29 is 9.53 Å². The summed E-state index contributed by atoms with van der Waals surface area (Å²) < 4.78 is 6.83. The number of likely N-dealkylation sites (tertiary alicyclic amines) is 1. The Kier molecular flexibility index (Phi) is 7.52. The molecule has 1 aromatic rings. The quantitative estimate of drug-likeness (QED) is 0.713. The minimum absolute atomic E-state index is 0.200. The van der Waals surface area contributed by atoms with Gasteiger partial charge in [-0.15, -0.1) is 0 Å². The third-order valence-corrected chi connectivity index (χ3v) is 4.49. The minimum Gasteiger partial charge on any atom is -0.385 e. The number of carbonyl (C=O) groups excluding carboxylic acids is 1. The Morgan fingerprint density at radius 3 is 3.12 bits per heavy atom. The lowest BCUT2D eigenvalue weighted by Crippen LogP contribution is -2.47. The molecule has 2 amide bonds. The molecule has 7 nitrogen and oxygen atoms in total. The van der Waals surface area contributed by atoms with Crippen molar-refractivity contribution >= 4 is 11.8 Å². The second kappa shape index (κ2) is 9.64. The Bertz CT molecular complexity index is 505. The average Bonchev–Trinajstić information content (AvgIpc) is 3.00. The van der Waals surface area contributed by atoms with Gasteiger partial charge in [-0.2, -0.15) is 5.10 Å². The van der Waals surface area contributed by atoms with Crippen molar-refractivity contribution in [3.05, 3.63) is 12.3 Å². The van der Waals surface area contributed by atoms with Crippen molar-refractivity contribution in [3.63, 3.8) is 0 Å². The van der Waals surface area contributed by atoms with Crippen LogP contribution in [0, 0.1) is 5.92 Å². The molecule has 1 aromatic heterocycles. The monoisotopic (exact) mass is 337 g/mol. The molecule has 0 spiro atoms. The van der Waals surface area contributed by atoms with Gasteiger partial charge in [-0.25, -0.2) is 4.79 Å². The standard InChI is InChI=1S/C17H31N5O2/c1-14-6-4-8-21(13-14)15(2)12-18-17(23)19-16-7-10-22(20-16)9-5-11-24-3/h7,10,14-15H,4-6,8-9,11-13H2,1-3H3,(H2,18,19,20,23)/t14-,15+/m1/s1. The number of rotatable bonds is 8. The van der Waals surface area contributed by atoms with Crippen molar-refractivity contribution in [2.45, 2.75) is 45.7 Å². The number of hydrogen-bond donors (Lipinski definition) is 2. The minimum atomic E-state index is -0.200. The van der Waals surface area contributed by atoms with Crippen LogP contribution in [0.1, 0.15) is 33.1 Å². The number of aromatic nitrogens is 2. The molecule has 1 aliphatic heterocycles. The summed E-state index contributed by atoms with van der Waals surface area (Å²) in [4.78, 5) is 14.5. The summed E-state index contributed by atoms with van der Waals surface area (Å²) in [5.74, 6) is 1.32. The summed E-state index contributed by atoms with van der Waals surface area (Å²) in [7, 11) is 1.69. The SMILES string of the molecule is COCCCn1ccc(NC(=O)NC[C@H](C)N2CCC[C@@H](C)C2)n1. The normalized spacial score (nSPS) is 19.9. The molecule has 2 N–H and O–H groups in total. The highest BCUT2D eigenvalue weighted by molar-refractivity contribution is 5.88. The zero-order chi connectivity index (χ0) is 17.4. The maximum absolute atomic E-state index is 12.0. The van der Waals surface area contributed by atoms with Crippen LogP contribution in [0.5, 0.6) is 0 Å². The van der Waals surface area contributed by atoms with Crippen molar-refractivity contribution in [3.8, 4) is 0 Å². The van der Waals surface area contributed by atoms with Crippen molar-refractivity contribution in [1.29, 1.82) is 0 Å². The summed E-state index contributed by atoms with van der Waals surface area (Å²) in [6.45, 7) is 8.84. The molecule has 2 heterocycles. The van der Waals surface area contributed by atoms with Gasteiger partial charge in [0.15, 0.2) is 5.82 Å². The van der Waals surface area contributed by atoms with Gasteiger partial charge in [-0.3, -0.25) is 14.9 Å². The highest BCUT2D eigenvalue weighted by Gasteiger charge is 2.21. The van der Waals surface area contributed by atoms with Crippen LogP contribution in [0.15, 0.2) is 12.3 Å². The number of aryl methyl sites for hydroxylation is 1. The molecule has 0 aromatic carbocycles. The lowest BCUT2D eigenvalue weighted by atomic mass is 9.99. The number of piperidine rings is 1. The van der Waals surface area contributed by atoms with E-state index in [-0.39, 0.29) is 6.03 Å². The second-order valence-electron chi connectivity index (χ2n) is 6.74. The van der Waals surface area contributed by atoms with Crippen molar-refractivity contribution in [2.24, 2.45) is 5.92 Å². The topological polar surface area (TPSA) is 71.4 Å². The molecule has 24 heavy (non-hydrogen) atoms. The fourth-order valence-corrected chi connectivity index (χ4v) is 3.08. The third-order valence-electron chi connectivity index (χ3n) is 4.49. The smallest absolute Gasteiger partial charge is 0.320 e. The van der Waals surface area contributed by atoms with E-state index < -0.39 is 0 Å². The first-order valence-electron chi connectivity index (χ1n) is 8.89. The molecule has 0 aliphatic carbocycles. The molecule has 0 radical (unpaired) electrons. The van der Waals surface area contributed by atoms with E-state index in [2.05, 4.69) is 34.5 Å². The molecule has 2 rings (SSSR count). The molecular formula is C17H31N5O2. The van der Waals surface area contributed by atoms with Gasteiger partial charge in [0.2, 0.25) is 0 Å². The second-order valence-corrected chi connectivity index (χ2v) is 6.74. The van der Waals surface area contributed by atoms with Gasteiger partial charge in [0.1, 0.15) is 0 Å². The first kappa shape index (κ1) is 18.7. The lowest BCUT2D eigenvalue weighted by molar-refractivity contribution is 0.138. The zero-order valence-corrected chi connectivity index (χ0v) is 15.1. The predicted octanol–water partition coefficient (Wildman–Crippen LogP) is 2.16. The first-order chi connectivity index (χ1) is 11.6. The zero-order valence-electron chi connectivity index (χ0n) is 15.1. The molecule has 136 valence electrons. The van der Waals surface area contributed by atoms with Gasteiger partial charge < -0.3 is 10.1 Å². The van der Waals surface area contributed by atoms with Crippen LogP contribution in [0.3, 0.4) is 0 Å². The summed E-state index contributed by atoms with van der Waals surface area (Å²) in [6.07, 6.45) is 5.32. The molecular weight excluding hydrogens is 306 g/mol.